The second kappa shape index (κ2) is 7.21. The van der Waals surface area contributed by atoms with Crippen molar-refractivity contribution in [3.8, 4) is 5.75 Å². The Kier molecular flexibility index (Phi) is 4.84. The number of hydrogen-bond donors (Lipinski definition) is 2. The van der Waals surface area contributed by atoms with Crippen LogP contribution < -0.4 is 15.4 Å². The number of nitrogens with zero attached hydrogens (tertiary/aromatic N) is 1. The average Bonchev–Trinajstić information content (AvgIpc) is 3.05. The largest absolute Gasteiger partial charge is 0.497 e. The van der Waals surface area contributed by atoms with E-state index < -0.39 is 0 Å². The lowest BCUT2D eigenvalue weighted by molar-refractivity contribution is -0.118. The topological polar surface area (TPSA) is 79.4 Å². The van der Waals surface area contributed by atoms with Gasteiger partial charge < -0.3 is 20.8 Å². The van der Waals surface area contributed by atoms with E-state index in [0.717, 1.165) is 29.0 Å². The number of nitrogens with two attached hydrogens (primary N) is 1. The van der Waals surface area contributed by atoms with Crippen LogP contribution in [0.4, 0.5) is 5.69 Å². The van der Waals surface area contributed by atoms with Crippen LogP contribution in [-0.2, 0) is 4.79 Å². The highest BCUT2D eigenvalue weighted by molar-refractivity contribution is 6.08. The maximum atomic E-state index is 12.9. The van der Waals surface area contributed by atoms with Crippen LogP contribution in [0, 0.1) is 5.41 Å². The summed E-state index contributed by atoms with van der Waals surface area (Å²) >= 11 is 0. The van der Waals surface area contributed by atoms with Gasteiger partial charge in [0.05, 0.1) is 13.0 Å². The summed E-state index contributed by atoms with van der Waals surface area (Å²) in [5.74, 6) is 0.722. The number of amides is 1. The number of hydrogen-bond acceptors (Lipinski definition) is 4. The van der Waals surface area contributed by atoms with Gasteiger partial charge >= 0.3 is 0 Å². The minimum Gasteiger partial charge on any atom is -0.497 e. The van der Waals surface area contributed by atoms with Crippen LogP contribution in [0.2, 0.25) is 0 Å². The Morgan fingerprint density at radius 2 is 2.04 bits per heavy atom. The zero-order valence-corrected chi connectivity index (χ0v) is 14.1. The van der Waals surface area contributed by atoms with E-state index >= 15 is 0 Å². The zero-order valence-electron chi connectivity index (χ0n) is 14.1. The summed E-state index contributed by atoms with van der Waals surface area (Å²) in [6, 6.07) is 15.2. The maximum absolute atomic E-state index is 12.9. The zero-order chi connectivity index (χ0) is 17.8. The number of methoxy groups -OCH3 is 1. The molecule has 0 aromatic heterocycles. The summed E-state index contributed by atoms with van der Waals surface area (Å²) in [6.45, 7) is 0.685. The second-order valence-electron chi connectivity index (χ2n) is 5.92. The predicted octanol–water partition coefficient (Wildman–Crippen LogP) is 3.16. The van der Waals surface area contributed by atoms with Gasteiger partial charge in [0.15, 0.2) is 0 Å². The maximum Gasteiger partial charge on any atom is 0.234 e. The average molecular weight is 335 g/mol. The van der Waals surface area contributed by atoms with Gasteiger partial charge in [-0.15, -0.1) is 0 Å². The number of carbonyl (C=O) groups is 1. The molecule has 0 aliphatic carbocycles. The first-order chi connectivity index (χ1) is 12.2. The number of benzene rings is 2. The molecule has 0 saturated carbocycles. The molecule has 1 unspecified atom stereocenters. The first kappa shape index (κ1) is 16.8. The standard InChI is InChI=1S/C20H21N3O2/c1-25-18-4-2-3-15(11-18)19-9-10-23(20(19)24)17-7-5-14(6-8-17)16(12-21)13-22/h2-8,11-13,19,21H,9-10,22H2,1H3/b16-13+,21-12?. The Hall–Kier alpha value is -3.08. The molecule has 5 nitrogen and oxygen atoms in total. The fourth-order valence-corrected chi connectivity index (χ4v) is 3.17. The number of nitrogens with one attached hydrogen (secondary N) is 1. The molecule has 25 heavy (non-hydrogen) atoms. The Labute approximate surface area is 147 Å². The first-order valence-electron chi connectivity index (χ1n) is 8.16. The third-order valence-corrected chi connectivity index (χ3v) is 4.55. The lowest BCUT2D eigenvalue weighted by atomic mass is 9.97. The molecule has 1 heterocycles. The fraction of sp³-hybridized carbons (Fsp3) is 0.200. The third-order valence-electron chi connectivity index (χ3n) is 4.55. The van der Waals surface area contributed by atoms with E-state index in [4.69, 9.17) is 15.9 Å². The highest BCUT2D eigenvalue weighted by Crippen LogP contribution is 2.33. The molecular weight excluding hydrogens is 314 g/mol. The molecule has 3 rings (SSSR count). The SMILES string of the molecule is COc1cccc(C2CCN(c3ccc(/C(C=N)=C/N)cc3)C2=O)c1. The van der Waals surface area contributed by atoms with E-state index in [1.54, 1.807) is 7.11 Å². The number of rotatable bonds is 5. The van der Waals surface area contributed by atoms with Crippen LogP contribution in [0.3, 0.4) is 0 Å². The van der Waals surface area contributed by atoms with Crippen molar-refractivity contribution in [3.63, 3.8) is 0 Å². The fourth-order valence-electron chi connectivity index (χ4n) is 3.17. The molecule has 1 saturated heterocycles. The van der Waals surface area contributed by atoms with Gasteiger partial charge in [-0.2, -0.15) is 0 Å². The van der Waals surface area contributed by atoms with E-state index in [9.17, 15) is 4.79 Å². The lowest BCUT2D eigenvalue weighted by Crippen LogP contribution is -2.26. The minimum absolute atomic E-state index is 0.0997. The molecule has 1 aliphatic rings. The normalized spacial score (nSPS) is 17.6. The Balaban J connectivity index is 1.81. The van der Waals surface area contributed by atoms with Crippen molar-refractivity contribution in [1.82, 2.24) is 0 Å². The molecule has 1 atom stereocenters. The van der Waals surface area contributed by atoms with E-state index in [0.29, 0.717) is 12.1 Å². The van der Waals surface area contributed by atoms with Gasteiger partial charge in [0.25, 0.3) is 0 Å². The molecule has 1 aliphatic heterocycles. The molecule has 2 aromatic rings. The second-order valence-corrected chi connectivity index (χ2v) is 5.92. The molecule has 2 aromatic carbocycles. The third kappa shape index (κ3) is 3.26. The van der Waals surface area contributed by atoms with E-state index in [1.807, 2.05) is 53.4 Å². The Morgan fingerprint density at radius 3 is 2.68 bits per heavy atom. The molecule has 0 spiro atoms. The number of anilines is 1. The van der Waals surface area contributed by atoms with Gasteiger partial charge in [-0.3, -0.25) is 4.79 Å². The van der Waals surface area contributed by atoms with Crippen molar-refractivity contribution in [2.45, 2.75) is 12.3 Å². The Morgan fingerprint density at radius 1 is 1.28 bits per heavy atom. The van der Waals surface area contributed by atoms with Gasteiger partial charge in [0.2, 0.25) is 5.91 Å². The van der Waals surface area contributed by atoms with E-state index in [1.165, 1.54) is 12.4 Å². The van der Waals surface area contributed by atoms with E-state index in [2.05, 4.69) is 0 Å². The molecule has 3 N–H and O–H groups in total. The monoisotopic (exact) mass is 335 g/mol. The molecular formula is C20H21N3O2. The van der Waals surface area contributed by atoms with Gasteiger partial charge in [0, 0.05) is 30.2 Å². The quantitative estimate of drug-likeness (QED) is 0.824. The van der Waals surface area contributed by atoms with Crippen molar-refractivity contribution < 1.29 is 9.53 Å². The van der Waals surface area contributed by atoms with Crippen LogP contribution in [0.25, 0.3) is 5.57 Å². The van der Waals surface area contributed by atoms with Gasteiger partial charge in [-0.25, -0.2) is 0 Å². The molecule has 1 amide bonds. The van der Waals surface area contributed by atoms with Crippen LogP contribution in [0.15, 0.2) is 54.7 Å². The molecule has 5 heteroatoms. The summed E-state index contributed by atoms with van der Waals surface area (Å²) in [5, 5.41) is 7.36. The van der Waals surface area contributed by atoms with Crippen molar-refractivity contribution in [3.05, 3.63) is 65.9 Å². The summed E-state index contributed by atoms with van der Waals surface area (Å²) < 4.78 is 5.26. The summed E-state index contributed by atoms with van der Waals surface area (Å²) in [7, 11) is 1.63. The van der Waals surface area contributed by atoms with Crippen molar-refractivity contribution in [1.29, 1.82) is 5.41 Å². The van der Waals surface area contributed by atoms with Gasteiger partial charge in [-0.05, 0) is 41.8 Å². The molecule has 0 radical (unpaired) electrons. The minimum atomic E-state index is -0.143. The smallest absolute Gasteiger partial charge is 0.234 e. The van der Waals surface area contributed by atoms with Gasteiger partial charge in [0.1, 0.15) is 5.75 Å². The molecule has 1 fully saturated rings. The first-order valence-corrected chi connectivity index (χ1v) is 8.16. The van der Waals surface area contributed by atoms with Crippen LogP contribution in [0.1, 0.15) is 23.5 Å². The predicted molar refractivity (Wildman–Crippen MR) is 100 cm³/mol. The van der Waals surface area contributed by atoms with Crippen molar-refractivity contribution in [2.75, 3.05) is 18.6 Å². The van der Waals surface area contributed by atoms with Crippen molar-refractivity contribution >= 4 is 23.4 Å². The number of allylic oxidation sites excluding steroid dienone is 1. The number of ether oxygens (including phenoxy) is 1. The van der Waals surface area contributed by atoms with Crippen LogP contribution in [0.5, 0.6) is 5.75 Å². The molecule has 128 valence electrons. The van der Waals surface area contributed by atoms with Crippen molar-refractivity contribution in [2.24, 2.45) is 5.73 Å². The lowest BCUT2D eigenvalue weighted by Gasteiger charge is -2.18. The highest BCUT2D eigenvalue weighted by Gasteiger charge is 2.33. The number of carbonyl (C=O) groups excluding carboxylic acids is 1. The summed E-state index contributed by atoms with van der Waals surface area (Å²) in [5.41, 5.74) is 8.87. The molecule has 0 bridgehead atoms. The van der Waals surface area contributed by atoms with Gasteiger partial charge in [-0.1, -0.05) is 24.3 Å². The Bertz CT molecular complexity index is 812. The van der Waals surface area contributed by atoms with E-state index in [-0.39, 0.29) is 11.8 Å². The highest BCUT2D eigenvalue weighted by atomic mass is 16.5. The van der Waals surface area contributed by atoms with Crippen LogP contribution in [-0.4, -0.2) is 25.8 Å². The summed E-state index contributed by atoms with van der Waals surface area (Å²) in [6.07, 6.45) is 3.40. The van der Waals surface area contributed by atoms with Crippen LogP contribution >= 0.6 is 0 Å². The summed E-state index contributed by atoms with van der Waals surface area (Å²) in [4.78, 5) is 14.7.